The van der Waals surface area contributed by atoms with Crippen molar-refractivity contribution in [2.24, 2.45) is 11.7 Å². The summed E-state index contributed by atoms with van der Waals surface area (Å²) in [5.41, 5.74) is 5.73. The minimum absolute atomic E-state index is 0.298. The molecule has 0 amide bonds. The molecule has 0 radical (unpaired) electrons. The lowest BCUT2D eigenvalue weighted by atomic mass is 10.0. The molecule has 2 atom stereocenters. The van der Waals surface area contributed by atoms with E-state index in [1.54, 1.807) is 6.92 Å². The molecule has 0 fully saturated rings. The van der Waals surface area contributed by atoms with E-state index in [4.69, 9.17) is 10.5 Å². The van der Waals surface area contributed by atoms with Gasteiger partial charge in [-0.25, -0.2) is 0 Å². The summed E-state index contributed by atoms with van der Waals surface area (Å²) in [4.78, 5) is 13.5. The Morgan fingerprint density at radius 3 is 2.38 bits per heavy atom. The third-order valence-corrected chi connectivity index (χ3v) is 3.04. The van der Waals surface area contributed by atoms with Gasteiger partial charge in [0.25, 0.3) is 0 Å². The number of hydrogen-bond donors (Lipinski definition) is 1. The van der Waals surface area contributed by atoms with Gasteiger partial charge in [0.05, 0.1) is 6.61 Å². The second-order valence-electron chi connectivity index (χ2n) is 4.61. The van der Waals surface area contributed by atoms with Crippen molar-refractivity contribution < 1.29 is 9.53 Å². The van der Waals surface area contributed by atoms with Crippen molar-refractivity contribution in [3.8, 4) is 0 Å². The first-order valence-corrected chi connectivity index (χ1v) is 6.02. The molecule has 0 aliphatic heterocycles. The summed E-state index contributed by atoms with van der Waals surface area (Å²) in [7, 11) is 2.06. The summed E-state index contributed by atoms with van der Waals surface area (Å²) in [5, 5.41) is 0. The van der Waals surface area contributed by atoms with Crippen LogP contribution in [0.15, 0.2) is 0 Å². The minimum atomic E-state index is -0.498. The summed E-state index contributed by atoms with van der Waals surface area (Å²) < 4.78 is 4.86. The van der Waals surface area contributed by atoms with E-state index < -0.39 is 6.04 Å². The van der Waals surface area contributed by atoms with E-state index in [1.165, 1.54) is 0 Å². The lowest BCUT2D eigenvalue weighted by Crippen LogP contribution is -2.39. The van der Waals surface area contributed by atoms with Gasteiger partial charge in [0.1, 0.15) is 6.04 Å². The standard InChI is InChI=1S/C12H26N2O2/c1-6-16-12(15)11(13)7-8-14(5)10(4)9(2)3/h9-11H,6-8,13H2,1-5H3. The molecule has 16 heavy (non-hydrogen) atoms. The predicted octanol–water partition coefficient (Wildman–Crippen LogP) is 1.24. The third-order valence-electron chi connectivity index (χ3n) is 3.04. The summed E-state index contributed by atoms with van der Waals surface area (Å²) in [6.45, 7) is 9.56. The molecule has 0 aromatic heterocycles. The SMILES string of the molecule is CCOC(=O)C(N)CCN(C)C(C)C(C)C. The second kappa shape index (κ2) is 7.63. The number of nitrogens with two attached hydrogens (primary N) is 1. The monoisotopic (exact) mass is 230 g/mol. The van der Waals surface area contributed by atoms with Gasteiger partial charge in [-0.3, -0.25) is 4.79 Å². The zero-order chi connectivity index (χ0) is 12.7. The average molecular weight is 230 g/mol. The number of carbonyl (C=O) groups is 1. The first kappa shape index (κ1) is 15.4. The van der Waals surface area contributed by atoms with Gasteiger partial charge >= 0.3 is 5.97 Å². The van der Waals surface area contributed by atoms with E-state index in [0.29, 0.717) is 25.0 Å². The molecule has 0 saturated carbocycles. The maximum atomic E-state index is 11.3. The molecule has 2 N–H and O–H groups in total. The number of ether oxygens (including phenoxy) is 1. The van der Waals surface area contributed by atoms with Gasteiger partial charge in [0, 0.05) is 12.6 Å². The van der Waals surface area contributed by atoms with E-state index in [0.717, 1.165) is 6.54 Å². The number of carbonyl (C=O) groups excluding carboxylic acids is 1. The van der Waals surface area contributed by atoms with Crippen LogP contribution in [0.5, 0.6) is 0 Å². The normalized spacial score (nSPS) is 15.2. The summed E-state index contributed by atoms with van der Waals surface area (Å²) in [6, 6.07) is -0.00356. The van der Waals surface area contributed by atoms with Crippen molar-refractivity contribution in [1.82, 2.24) is 4.90 Å². The van der Waals surface area contributed by atoms with Crippen LogP contribution < -0.4 is 5.73 Å². The minimum Gasteiger partial charge on any atom is -0.465 e. The van der Waals surface area contributed by atoms with E-state index in [9.17, 15) is 4.79 Å². The Bertz CT molecular complexity index is 207. The van der Waals surface area contributed by atoms with Crippen LogP contribution in [0, 0.1) is 5.92 Å². The Morgan fingerprint density at radius 2 is 1.94 bits per heavy atom. The molecular weight excluding hydrogens is 204 g/mol. The van der Waals surface area contributed by atoms with Crippen LogP contribution in [-0.2, 0) is 9.53 Å². The zero-order valence-electron chi connectivity index (χ0n) is 11.2. The first-order chi connectivity index (χ1) is 7.40. The number of esters is 1. The van der Waals surface area contributed by atoms with Crippen molar-refractivity contribution in [2.45, 2.75) is 46.2 Å². The molecule has 2 unspecified atom stereocenters. The highest BCUT2D eigenvalue weighted by atomic mass is 16.5. The van der Waals surface area contributed by atoms with Gasteiger partial charge in [-0.05, 0) is 33.2 Å². The van der Waals surface area contributed by atoms with Gasteiger partial charge in [-0.2, -0.15) is 0 Å². The predicted molar refractivity (Wildman–Crippen MR) is 66.2 cm³/mol. The van der Waals surface area contributed by atoms with Crippen LogP contribution >= 0.6 is 0 Å². The molecular formula is C12H26N2O2. The van der Waals surface area contributed by atoms with Crippen LogP contribution in [0.25, 0.3) is 0 Å². The Morgan fingerprint density at radius 1 is 1.38 bits per heavy atom. The van der Waals surface area contributed by atoms with Gasteiger partial charge in [0.15, 0.2) is 0 Å². The largest absolute Gasteiger partial charge is 0.465 e. The highest BCUT2D eigenvalue weighted by Gasteiger charge is 2.18. The van der Waals surface area contributed by atoms with Crippen molar-refractivity contribution in [2.75, 3.05) is 20.2 Å². The van der Waals surface area contributed by atoms with Gasteiger partial charge in [0.2, 0.25) is 0 Å². The maximum absolute atomic E-state index is 11.3. The first-order valence-electron chi connectivity index (χ1n) is 6.02. The molecule has 0 rings (SSSR count). The molecule has 0 aromatic rings. The van der Waals surface area contributed by atoms with E-state index in [2.05, 4.69) is 32.7 Å². The van der Waals surface area contributed by atoms with Crippen molar-refractivity contribution in [1.29, 1.82) is 0 Å². The number of rotatable bonds is 7. The second-order valence-corrected chi connectivity index (χ2v) is 4.61. The zero-order valence-corrected chi connectivity index (χ0v) is 11.2. The molecule has 96 valence electrons. The van der Waals surface area contributed by atoms with Crippen LogP contribution in [0.4, 0.5) is 0 Å². The quantitative estimate of drug-likeness (QED) is 0.669. The lowest BCUT2D eigenvalue weighted by Gasteiger charge is -2.28. The van der Waals surface area contributed by atoms with Crippen LogP contribution in [0.2, 0.25) is 0 Å². The van der Waals surface area contributed by atoms with Crippen molar-refractivity contribution >= 4 is 5.97 Å². The molecule has 0 aliphatic carbocycles. The topological polar surface area (TPSA) is 55.6 Å². The van der Waals surface area contributed by atoms with Crippen LogP contribution in [0.3, 0.4) is 0 Å². The van der Waals surface area contributed by atoms with Crippen molar-refractivity contribution in [3.05, 3.63) is 0 Å². The molecule has 0 heterocycles. The lowest BCUT2D eigenvalue weighted by molar-refractivity contribution is -0.144. The Hall–Kier alpha value is -0.610. The highest BCUT2D eigenvalue weighted by Crippen LogP contribution is 2.08. The number of nitrogens with zero attached hydrogens (tertiary/aromatic N) is 1. The van der Waals surface area contributed by atoms with E-state index in [-0.39, 0.29) is 5.97 Å². The fraction of sp³-hybridized carbons (Fsp3) is 0.917. The highest BCUT2D eigenvalue weighted by molar-refractivity contribution is 5.75. The number of hydrogen-bond acceptors (Lipinski definition) is 4. The Kier molecular flexibility index (Phi) is 7.34. The van der Waals surface area contributed by atoms with E-state index in [1.807, 2.05) is 0 Å². The smallest absolute Gasteiger partial charge is 0.322 e. The molecule has 4 heteroatoms. The maximum Gasteiger partial charge on any atom is 0.322 e. The summed E-state index contributed by atoms with van der Waals surface area (Å²) >= 11 is 0. The summed E-state index contributed by atoms with van der Waals surface area (Å²) in [5.74, 6) is 0.303. The van der Waals surface area contributed by atoms with Gasteiger partial charge < -0.3 is 15.4 Å². The molecule has 0 bridgehead atoms. The average Bonchev–Trinajstić information content (AvgIpc) is 2.24. The fourth-order valence-electron chi connectivity index (χ4n) is 1.42. The van der Waals surface area contributed by atoms with E-state index >= 15 is 0 Å². The molecule has 0 saturated heterocycles. The van der Waals surface area contributed by atoms with Gasteiger partial charge in [-0.1, -0.05) is 13.8 Å². The fourth-order valence-corrected chi connectivity index (χ4v) is 1.42. The van der Waals surface area contributed by atoms with Crippen LogP contribution in [-0.4, -0.2) is 43.2 Å². The molecule has 0 aliphatic rings. The molecule has 4 nitrogen and oxygen atoms in total. The Balaban J connectivity index is 3.91. The van der Waals surface area contributed by atoms with Crippen LogP contribution in [0.1, 0.15) is 34.1 Å². The van der Waals surface area contributed by atoms with Gasteiger partial charge in [-0.15, -0.1) is 0 Å². The molecule has 0 spiro atoms. The third kappa shape index (κ3) is 5.47. The van der Waals surface area contributed by atoms with Crippen molar-refractivity contribution in [3.63, 3.8) is 0 Å². The molecule has 0 aromatic carbocycles. The Labute approximate surface area is 99.1 Å². The summed E-state index contributed by atoms with van der Waals surface area (Å²) in [6.07, 6.45) is 0.645.